The summed E-state index contributed by atoms with van der Waals surface area (Å²) in [6, 6.07) is 8.54. The second-order valence-electron chi connectivity index (χ2n) is 4.89. The number of anilines is 1. The van der Waals surface area contributed by atoms with E-state index in [1.165, 1.54) is 11.3 Å². The SMILES string of the molecule is CCN(CC)C(N)=NCc1cccc(N2CC=CC2)c1. The molecule has 0 unspecified atom stereocenters. The number of hydrogen-bond donors (Lipinski definition) is 1. The molecule has 0 saturated heterocycles. The van der Waals surface area contributed by atoms with Gasteiger partial charge < -0.3 is 15.5 Å². The van der Waals surface area contributed by atoms with Crippen LogP contribution in [0.2, 0.25) is 0 Å². The first-order valence-electron chi connectivity index (χ1n) is 7.28. The van der Waals surface area contributed by atoms with Gasteiger partial charge in [0.25, 0.3) is 0 Å². The summed E-state index contributed by atoms with van der Waals surface area (Å²) in [6.07, 6.45) is 4.40. The van der Waals surface area contributed by atoms with Gasteiger partial charge >= 0.3 is 0 Å². The van der Waals surface area contributed by atoms with Crippen molar-refractivity contribution in [3.8, 4) is 0 Å². The van der Waals surface area contributed by atoms with E-state index in [0.717, 1.165) is 26.2 Å². The Balaban J connectivity index is 2.02. The highest BCUT2D eigenvalue weighted by Gasteiger charge is 2.08. The number of nitrogens with zero attached hydrogens (tertiary/aromatic N) is 3. The molecule has 1 aliphatic rings. The lowest BCUT2D eigenvalue weighted by molar-refractivity contribution is 0.458. The van der Waals surface area contributed by atoms with E-state index in [4.69, 9.17) is 5.73 Å². The molecule has 2 rings (SSSR count). The minimum atomic E-state index is 0.628. The van der Waals surface area contributed by atoms with Crippen LogP contribution < -0.4 is 10.6 Å². The highest BCUT2D eigenvalue weighted by molar-refractivity contribution is 5.78. The van der Waals surface area contributed by atoms with Crippen molar-refractivity contribution in [2.75, 3.05) is 31.1 Å². The zero-order valence-corrected chi connectivity index (χ0v) is 12.4. The van der Waals surface area contributed by atoms with Crippen LogP contribution in [0, 0.1) is 0 Å². The largest absolute Gasteiger partial charge is 0.370 e. The third-order valence-corrected chi connectivity index (χ3v) is 3.61. The first kappa shape index (κ1) is 14.4. The molecule has 1 heterocycles. The number of aliphatic imine (C=N–C) groups is 1. The lowest BCUT2D eigenvalue weighted by Crippen LogP contribution is -2.37. The average molecular weight is 272 g/mol. The number of guanidine groups is 1. The molecule has 0 spiro atoms. The van der Waals surface area contributed by atoms with Crippen LogP contribution in [-0.4, -0.2) is 37.0 Å². The molecule has 108 valence electrons. The summed E-state index contributed by atoms with van der Waals surface area (Å²) >= 11 is 0. The number of hydrogen-bond acceptors (Lipinski definition) is 2. The lowest BCUT2D eigenvalue weighted by Gasteiger charge is -2.20. The summed E-state index contributed by atoms with van der Waals surface area (Å²) in [4.78, 5) is 8.89. The highest BCUT2D eigenvalue weighted by atomic mass is 15.2. The topological polar surface area (TPSA) is 44.9 Å². The zero-order chi connectivity index (χ0) is 14.4. The number of rotatable bonds is 5. The molecule has 4 nitrogen and oxygen atoms in total. The van der Waals surface area contributed by atoms with E-state index < -0.39 is 0 Å². The summed E-state index contributed by atoms with van der Waals surface area (Å²) in [7, 11) is 0. The molecular weight excluding hydrogens is 248 g/mol. The molecule has 20 heavy (non-hydrogen) atoms. The molecule has 0 bridgehead atoms. The smallest absolute Gasteiger partial charge is 0.191 e. The van der Waals surface area contributed by atoms with Crippen molar-refractivity contribution in [1.29, 1.82) is 0 Å². The average Bonchev–Trinajstić information content (AvgIpc) is 3.01. The predicted molar refractivity (Wildman–Crippen MR) is 86.0 cm³/mol. The van der Waals surface area contributed by atoms with E-state index in [0.29, 0.717) is 12.5 Å². The second kappa shape index (κ2) is 6.98. The van der Waals surface area contributed by atoms with Gasteiger partial charge in [-0.25, -0.2) is 4.99 Å². The second-order valence-corrected chi connectivity index (χ2v) is 4.89. The van der Waals surface area contributed by atoms with Crippen LogP contribution in [0.25, 0.3) is 0 Å². The number of nitrogens with two attached hydrogens (primary N) is 1. The predicted octanol–water partition coefficient (Wildman–Crippen LogP) is 2.22. The van der Waals surface area contributed by atoms with Crippen molar-refractivity contribution in [2.45, 2.75) is 20.4 Å². The first-order valence-corrected chi connectivity index (χ1v) is 7.28. The van der Waals surface area contributed by atoms with Gasteiger partial charge in [0.15, 0.2) is 5.96 Å². The molecule has 0 aliphatic carbocycles. The molecule has 0 amide bonds. The number of benzene rings is 1. The molecule has 0 aromatic heterocycles. The van der Waals surface area contributed by atoms with Crippen molar-refractivity contribution in [3.05, 3.63) is 42.0 Å². The van der Waals surface area contributed by atoms with Gasteiger partial charge in [0.05, 0.1) is 6.54 Å². The van der Waals surface area contributed by atoms with Gasteiger partial charge in [0.1, 0.15) is 0 Å². The van der Waals surface area contributed by atoms with Crippen LogP contribution in [0.1, 0.15) is 19.4 Å². The van der Waals surface area contributed by atoms with Gasteiger partial charge in [0, 0.05) is 31.9 Å². The van der Waals surface area contributed by atoms with Crippen molar-refractivity contribution in [3.63, 3.8) is 0 Å². The van der Waals surface area contributed by atoms with Gasteiger partial charge in [-0.3, -0.25) is 0 Å². The maximum Gasteiger partial charge on any atom is 0.191 e. The standard InChI is InChI=1S/C16H24N4/c1-3-19(4-2)16(17)18-13-14-8-7-9-15(12-14)20-10-5-6-11-20/h5-9,12H,3-4,10-11,13H2,1-2H3,(H2,17,18). The minimum absolute atomic E-state index is 0.628. The Kier molecular flexibility index (Phi) is 5.04. The van der Waals surface area contributed by atoms with Crippen LogP contribution in [0.5, 0.6) is 0 Å². The van der Waals surface area contributed by atoms with Gasteiger partial charge in [-0.15, -0.1) is 0 Å². The van der Waals surface area contributed by atoms with Gasteiger partial charge in [0.2, 0.25) is 0 Å². The summed E-state index contributed by atoms with van der Waals surface area (Å²) in [5.74, 6) is 0.628. The minimum Gasteiger partial charge on any atom is -0.370 e. The maximum atomic E-state index is 6.00. The fourth-order valence-electron chi connectivity index (χ4n) is 2.36. The Morgan fingerprint density at radius 3 is 2.60 bits per heavy atom. The Bertz CT molecular complexity index is 481. The van der Waals surface area contributed by atoms with E-state index in [-0.39, 0.29) is 0 Å². The van der Waals surface area contributed by atoms with Crippen molar-refractivity contribution < 1.29 is 0 Å². The molecule has 0 radical (unpaired) electrons. The van der Waals surface area contributed by atoms with Crippen molar-refractivity contribution in [2.24, 2.45) is 10.7 Å². The van der Waals surface area contributed by atoms with Crippen molar-refractivity contribution >= 4 is 11.6 Å². The Labute approximate surface area is 121 Å². The summed E-state index contributed by atoms with van der Waals surface area (Å²) in [5.41, 5.74) is 8.45. The Morgan fingerprint density at radius 2 is 1.95 bits per heavy atom. The van der Waals surface area contributed by atoms with Crippen LogP contribution in [0.15, 0.2) is 41.4 Å². The molecule has 0 saturated carbocycles. The van der Waals surface area contributed by atoms with Crippen LogP contribution in [0.3, 0.4) is 0 Å². The van der Waals surface area contributed by atoms with E-state index in [1.54, 1.807) is 0 Å². The summed E-state index contributed by atoms with van der Waals surface area (Å²) in [6.45, 7) is 8.59. The van der Waals surface area contributed by atoms with E-state index >= 15 is 0 Å². The van der Waals surface area contributed by atoms with Gasteiger partial charge in [-0.05, 0) is 31.5 Å². The van der Waals surface area contributed by atoms with Gasteiger partial charge in [-0.2, -0.15) is 0 Å². The first-order chi connectivity index (χ1) is 9.74. The molecule has 1 aliphatic heterocycles. The fraction of sp³-hybridized carbons (Fsp3) is 0.438. The quantitative estimate of drug-likeness (QED) is 0.508. The zero-order valence-electron chi connectivity index (χ0n) is 12.4. The van der Waals surface area contributed by atoms with Crippen LogP contribution in [0.4, 0.5) is 5.69 Å². The molecule has 4 heteroatoms. The van der Waals surface area contributed by atoms with E-state index in [2.05, 4.69) is 65.1 Å². The molecule has 0 atom stereocenters. The highest BCUT2D eigenvalue weighted by Crippen LogP contribution is 2.18. The van der Waals surface area contributed by atoms with Crippen LogP contribution in [-0.2, 0) is 6.54 Å². The Morgan fingerprint density at radius 1 is 1.25 bits per heavy atom. The third kappa shape index (κ3) is 3.53. The van der Waals surface area contributed by atoms with E-state index in [9.17, 15) is 0 Å². The van der Waals surface area contributed by atoms with Crippen LogP contribution >= 0.6 is 0 Å². The summed E-state index contributed by atoms with van der Waals surface area (Å²) in [5, 5.41) is 0. The molecular formula is C16H24N4. The Hall–Kier alpha value is -1.97. The molecule has 2 N–H and O–H groups in total. The lowest BCUT2D eigenvalue weighted by atomic mass is 10.2. The van der Waals surface area contributed by atoms with Gasteiger partial charge in [-0.1, -0.05) is 24.3 Å². The summed E-state index contributed by atoms with van der Waals surface area (Å²) < 4.78 is 0. The fourth-order valence-corrected chi connectivity index (χ4v) is 2.36. The molecule has 1 aromatic carbocycles. The van der Waals surface area contributed by atoms with E-state index in [1.807, 2.05) is 0 Å². The molecule has 0 fully saturated rings. The normalized spacial score (nSPS) is 14.9. The third-order valence-electron chi connectivity index (χ3n) is 3.61. The monoisotopic (exact) mass is 272 g/mol. The van der Waals surface area contributed by atoms with Crippen molar-refractivity contribution in [1.82, 2.24) is 4.90 Å². The maximum absolute atomic E-state index is 6.00. The molecule has 1 aromatic rings.